The van der Waals surface area contributed by atoms with Gasteiger partial charge in [-0.2, -0.15) is 0 Å². The number of aliphatic carboxylic acids is 1. The van der Waals surface area contributed by atoms with E-state index in [0.717, 1.165) is 38.5 Å². The van der Waals surface area contributed by atoms with Crippen LogP contribution < -0.4 is 0 Å². The highest BCUT2D eigenvalue weighted by molar-refractivity contribution is 5.66. The van der Waals surface area contributed by atoms with Gasteiger partial charge in [-0.15, -0.1) is 0 Å². The van der Waals surface area contributed by atoms with Gasteiger partial charge in [-0.25, -0.2) is 0 Å². The maximum absolute atomic E-state index is 10.3. The zero-order valence-corrected chi connectivity index (χ0v) is 14.3. The summed E-state index contributed by atoms with van der Waals surface area (Å²) < 4.78 is 0. The predicted octanol–water partition coefficient (Wildman–Crippen LogP) is 6.44. The smallest absolute Gasteiger partial charge is 0.303 e. The molecule has 0 saturated heterocycles. The molecule has 0 aliphatic rings. The van der Waals surface area contributed by atoms with Crippen molar-refractivity contribution in [3.05, 3.63) is 36.5 Å². The van der Waals surface area contributed by atoms with Crippen LogP contribution in [0.4, 0.5) is 0 Å². The maximum atomic E-state index is 10.3. The van der Waals surface area contributed by atoms with E-state index in [-0.39, 0.29) is 0 Å². The SMILES string of the molecule is CCCCCC=CCC=CC/C=C\CCCCCCC(=O)O. The van der Waals surface area contributed by atoms with Crippen LogP contribution in [0.25, 0.3) is 0 Å². The van der Waals surface area contributed by atoms with Crippen molar-refractivity contribution < 1.29 is 9.90 Å². The lowest BCUT2D eigenvalue weighted by molar-refractivity contribution is -0.137. The van der Waals surface area contributed by atoms with Crippen LogP contribution in [0, 0.1) is 0 Å². The number of carbonyl (C=O) groups is 1. The summed E-state index contributed by atoms with van der Waals surface area (Å²) in [6.07, 6.45) is 26.3. The molecule has 2 nitrogen and oxygen atoms in total. The molecule has 0 atom stereocenters. The van der Waals surface area contributed by atoms with Gasteiger partial charge >= 0.3 is 5.97 Å². The van der Waals surface area contributed by atoms with Gasteiger partial charge in [-0.3, -0.25) is 4.79 Å². The lowest BCUT2D eigenvalue weighted by Crippen LogP contribution is -1.93. The van der Waals surface area contributed by atoms with Crippen LogP contribution in [0.15, 0.2) is 36.5 Å². The first-order chi connectivity index (χ1) is 10.8. The summed E-state index contributed by atoms with van der Waals surface area (Å²) in [6.45, 7) is 2.24. The molecule has 0 radical (unpaired) electrons. The Morgan fingerprint density at radius 3 is 1.77 bits per heavy atom. The first kappa shape index (κ1) is 20.7. The van der Waals surface area contributed by atoms with Gasteiger partial charge < -0.3 is 5.11 Å². The van der Waals surface area contributed by atoms with Crippen molar-refractivity contribution in [2.75, 3.05) is 0 Å². The van der Waals surface area contributed by atoms with Crippen LogP contribution in [0.2, 0.25) is 0 Å². The zero-order chi connectivity index (χ0) is 16.3. The van der Waals surface area contributed by atoms with E-state index in [4.69, 9.17) is 5.11 Å². The molecule has 22 heavy (non-hydrogen) atoms. The molecule has 0 fully saturated rings. The third kappa shape index (κ3) is 18.7. The quantitative estimate of drug-likeness (QED) is 0.279. The first-order valence-corrected chi connectivity index (χ1v) is 8.94. The van der Waals surface area contributed by atoms with Crippen molar-refractivity contribution in [1.29, 1.82) is 0 Å². The first-order valence-electron chi connectivity index (χ1n) is 8.94. The summed E-state index contributed by atoms with van der Waals surface area (Å²) in [6, 6.07) is 0. The molecule has 0 heterocycles. The van der Waals surface area contributed by atoms with Crippen LogP contribution >= 0.6 is 0 Å². The normalized spacial score (nSPS) is 12.0. The van der Waals surface area contributed by atoms with E-state index < -0.39 is 5.97 Å². The van der Waals surface area contributed by atoms with E-state index in [2.05, 4.69) is 43.4 Å². The van der Waals surface area contributed by atoms with Crippen molar-refractivity contribution in [1.82, 2.24) is 0 Å². The largest absolute Gasteiger partial charge is 0.481 e. The van der Waals surface area contributed by atoms with Gasteiger partial charge in [-0.1, -0.05) is 69.1 Å². The molecule has 0 aromatic rings. The van der Waals surface area contributed by atoms with E-state index in [1.54, 1.807) is 0 Å². The molecule has 0 saturated carbocycles. The van der Waals surface area contributed by atoms with Crippen molar-refractivity contribution in [2.24, 2.45) is 0 Å². The molecule has 0 unspecified atom stereocenters. The summed E-state index contributed by atoms with van der Waals surface area (Å²) >= 11 is 0. The van der Waals surface area contributed by atoms with Gasteiger partial charge in [0, 0.05) is 6.42 Å². The number of rotatable bonds is 15. The number of carboxylic acids is 1. The highest BCUT2D eigenvalue weighted by Gasteiger charge is 1.95. The number of hydrogen-bond acceptors (Lipinski definition) is 1. The molecule has 0 bridgehead atoms. The van der Waals surface area contributed by atoms with Crippen LogP contribution in [0.1, 0.15) is 84.0 Å². The number of carboxylic acid groups (broad SMARTS) is 1. The van der Waals surface area contributed by atoms with Gasteiger partial charge in [-0.05, 0) is 44.9 Å². The van der Waals surface area contributed by atoms with Crippen molar-refractivity contribution >= 4 is 5.97 Å². The minimum atomic E-state index is -0.678. The molecule has 0 aliphatic carbocycles. The van der Waals surface area contributed by atoms with Crippen LogP contribution in [0.5, 0.6) is 0 Å². The summed E-state index contributed by atoms with van der Waals surface area (Å²) in [5.41, 5.74) is 0. The third-order valence-electron chi connectivity index (χ3n) is 3.53. The Balaban J connectivity index is 3.29. The van der Waals surface area contributed by atoms with E-state index in [9.17, 15) is 4.79 Å². The molecule has 1 N–H and O–H groups in total. The fraction of sp³-hybridized carbons (Fsp3) is 0.650. The average molecular weight is 306 g/mol. The number of hydrogen-bond donors (Lipinski definition) is 1. The molecule has 0 spiro atoms. The van der Waals surface area contributed by atoms with Crippen molar-refractivity contribution in [3.63, 3.8) is 0 Å². The summed E-state index contributed by atoms with van der Waals surface area (Å²) in [4.78, 5) is 10.3. The monoisotopic (exact) mass is 306 g/mol. The van der Waals surface area contributed by atoms with Gasteiger partial charge in [0.05, 0.1) is 0 Å². The van der Waals surface area contributed by atoms with Gasteiger partial charge in [0.2, 0.25) is 0 Å². The molecule has 126 valence electrons. The Bertz CT molecular complexity index is 327. The minimum absolute atomic E-state index is 0.313. The molecular formula is C20H34O2. The molecule has 0 aromatic heterocycles. The minimum Gasteiger partial charge on any atom is -0.481 e. The topological polar surface area (TPSA) is 37.3 Å². The Morgan fingerprint density at radius 1 is 0.727 bits per heavy atom. The van der Waals surface area contributed by atoms with E-state index >= 15 is 0 Å². The molecule has 0 aliphatic heterocycles. The Kier molecular flexibility index (Phi) is 16.7. The Morgan fingerprint density at radius 2 is 1.23 bits per heavy atom. The lowest BCUT2D eigenvalue weighted by Gasteiger charge is -1.96. The van der Waals surface area contributed by atoms with E-state index in [1.807, 2.05) is 0 Å². The standard InChI is InChI=1S/C20H34O2/c1-2-3-4-5-6-7-8-9-10-11-12-13-14-15-16-17-18-19-20(21)22/h6-7,9-10,12-13H,2-5,8,11,14-19H2,1H3,(H,21,22)/b7-6?,10-9?,13-12-. The lowest BCUT2D eigenvalue weighted by atomic mass is 10.1. The van der Waals surface area contributed by atoms with Crippen LogP contribution in [0.3, 0.4) is 0 Å². The van der Waals surface area contributed by atoms with E-state index in [0.29, 0.717) is 6.42 Å². The van der Waals surface area contributed by atoms with Gasteiger partial charge in [0.15, 0.2) is 0 Å². The van der Waals surface area contributed by atoms with Crippen LogP contribution in [-0.4, -0.2) is 11.1 Å². The summed E-state index contributed by atoms with van der Waals surface area (Å²) in [5.74, 6) is -0.678. The second-order valence-electron chi connectivity index (χ2n) is 5.73. The fourth-order valence-corrected chi connectivity index (χ4v) is 2.18. The predicted molar refractivity (Wildman–Crippen MR) is 96.1 cm³/mol. The maximum Gasteiger partial charge on any atom is 0.303 e. The third-order valence-corrected chi connectivity index (χ3v) is 3.53. The second-order valence-corrected chi connectivity index (χ2v) is 5.73. The second kappa shape index (κ2) is 17.7. The molecular weight excluding hydrogens is 272 g/mol. The average Bonchev–Trinajstić information content (AvgIpc) is 2.50. The Labute approximate surface area is 137 Å². The van der Waals surface area contributed by atoms with E-state index in [1.165, 1.54) is 32.1 Å². The molecule has 0 rings (SSSR count). The number of allylic oxidation sites excluding steroid dienone is 6. The summed E-state index contributed by atoms with van der Waals surface area (Å²) in [7, 11) is 0. The van der Waals surface area contributed by atoms with Gasteiger partial charge in [0.25, 0.3) is 0 Å². The highest BCUT2D eigenvalue weighted by Crippen LogP contribution is 2.06. The summed E-state index contributed by atoms with van der Waals surface area (Å²) in [5, 5.41) is 8.52. The zero-order valence-electron chi connectivity index (χ0n) is 14.3. The molecule has 2 heteroatoms. The fourth-order valence-electron chi connectivity index (χ4n) is 2.18. The van der Waals surface area contributed by atoms with Crippen molar-refractivity contribution in [3.8, 4) is 0 Å². The van der Waals surface area contributed by atoms with Crippen LogP contribution in [-0.2, 0) is 4.79 Å². The number of unbranched alkanes of at least 4 members (excludes halogenated alkanes) is 7. The van der Waals surface area contributed by atoms with Crippen molar-refractivity contribution in [2.45, 2.75) is 84.0 Å². The molecule has 0 amide bonds. The highest BCUT2D eigenvalue weighted by atomic mass is 16.4. The Hall–Kier alpha value is -1.31. The molecule has 0 aromatic carbocycles. The van der Waals surface area contributed by atoms with Gasteiger partial charge in [0.1, 0.15) is 0 Å².